The van der Waals surface area contributed by atoms with Crippen molar-refractivity contribution in [2.75, 3.05) is 26.3 Å². The van der Waals surface area contributed by atoms with Gasteiger partial charge in [-0.1, -0.05) is 12.6 Å². The van der Waals surface area contributed by atoms with Gasteiger partial charge in [0.25, 0.3) is 0 Å². The number of piperidine rings is 1. The zero-order valence-electron chi connectivity index (χ0n) is 15.4. The number of nitrogens with one attached hydrogen (secondary N) is 1. The van der Waals surface area contributed by atoms with Gasteiger partial charge < -0.3 is 14.4 Å². The van der Waals surface area contributed by atoms with E-state index in [1.807, 2.05) is 0 Å². The number of carbonyl (C=O) groups excluding carboxylic acids is 1. The van der Waals surface area contributed by atoms with E-state index in [2.05, 4.69) is 16.3 Å². The number of hydrogen-bond acceptors (Lipinski definition) is 6. The largest absolute Gasteiger partial charge is 0.423 e. The molecule has 0 bridgehead atoms. The number of hydrogen-bond donors (Lipinski definition) is 1. The number of carbonyl (C=O) groups is 1. The molecule has 0 radical (unpaired) electrons. The smallest absolute Gasteiger partial charge is 0.411 e. The molecule has 3 heterocycles. The van der Waals surface area contributed by atoms with Gasteiger partial charge in [0.05, 0.1) is 24.6 Å². The van der Waals surface area contributed by atoms with Crippen LogP contribution < -0.4 is 4.72 Å². The molecular weight excluding hydrogens is 370 g/mol. The van der Waals surface area contributed by atoms with Crippen LogP contribution in [0.25, 0.3) is 5.57 Å². The van der Waals surface area contributed by atoms with Crippen LogP contribution in [0.2, 0.25) is 0 Å². The Hall–Kier alpha value is -1.97. The lowest BCUT2D eigenvalue weighted by Crippen LogP contribution is -2.49. The summed E-state index contributed by atoms with van der Waals surface area (Å²) in [6.07, 6.45) is 1.14. The number of rotatable bonds is 6. The second-order valence-electron chi connectivity index (χ2n) is 6.86. The van der Waals surface area contributed by atoms with Gasteiger partial charge in [-0.15, -0.1) is 0 Å². The topological polar surface area (TPSA) is 97.8 Å². The summed E-state index contributed by atoms with van der Waals surface area (Å²) in [6, 6.07) is 5.12. The Kier molecular flexibility index (Phi) is 6.13. The van der Waals surface area contributed by atoms with Crippen LogP contribution in [0.1, 0.15) is 43.8 Å². The summed E-state index contributed by atoms with van der Waals surface area (Å²) in [5.41, 5.74) is 1.65. The maximum absolute atomic E-state index is 12.5. The molecule has 2 aliphatic rings. The Bertz CT molecular complexity index is 801. The third-order valence-electron chi connectivity index (χ3n) is 4.63. The Morgan fingerprint density at radius 1 is 1.33 bits per heavy atom. The molecule has 2 fully saturated rings. The fourth-order valence-corrected chi connectivity index (χ4v) is 4.08. The molecule has 0 spiro atoms. The van der Waals surface area contributed by atoms with E-state index in [4.69, 9.17) is 9.47 Å². The first kappa shape index (κ1) is 19.8. The molecule has 148 valence electrons. The van der Waals surface area contributed by atoms with Gasteiger partial charge in [-0.25, -0.2) is 18.2 Å². The average Bonchev–Trinajstić information content (AvgIpc) is 2.59. The molecule has 1 aromatic rings. The summed E-state index contributed by atoms with van der Waals surface area (Å²) in [4.78, 5) is 18.5. The monoisotopic (exact) mass is 395 g/mol. The lowest BCUT2D eigenvalue weighted by molar-refractivity contribution is 0.0358. The standard InChI is InChI=1S/C18H25N3O5S/c1-13(2)15-7-6-8-16(19-15)17(20-27(23,24)14-11-25-12-14)26-18(22)21-9-4-3-5-10-21/h6-8,14,17,20H,1,3-5,9-12H2,2H3. The van der Waals surface area contributed by atoms with Gasteiger partial charge in [0.1, 0.15) is 5.25 Å². The molecule has 1 aromatic heterocycles. The van der Waals surface area contributed by atoms with Crippen LogP contribution in [0, 0.1) is 0 Å². The molecule has 0 aromatic carbocycles. The molecule has 3 rings (SSSR count). The van der Waals surface area contributed by atoms with Gasteiger partial charge in [-0.3, -0.25) is 0 Å². The molecule has 1 amide bonds. The van der Waals surface area contributed by atoms with Crippen molar-refractivity contribution in [1.82, 2.24) is 14.6 Å². The van der Waals surface area contributed by atoms with Gasteiger partial charge in [0.2, 0.25) is 16.3 Å². The summed E-state index contributed by atoms with van der Waals surface area (Å²) in [5.74, 6) is 0. The number of aromatic nitrogens is 1. The predicted molar refractivity (Wildman–Crippen MR) is 100 cm³/mol. The highest BCUT2D eigenvalue weighted by atomic mass is 32.2. The molecule has 0 saturated carbocycles. The summed E-state index contributed by atoms with van der Waals surface area (Å²) >= 11 is 0. The van der Waals surface area contributed by atoms with Gasteiger partial charge in [0, 0.05) is 13.1 Å². The first-order valence-electron chi connectivity index (χ1n) is 9.04. The van der Waals surface area contributed by atoms with Gasteiger partial charge >= 0.3 is 6.09 Å². The zero-order chi connectivity index (χ0) is 19.4. The van der Waals surface area contributed by atoms with Crippen LogP contribution in [-0.2, 0) is 19.5 Å². The molecule has 0 aliphatic carbocycles. The van der Waals surface area contributed by atoms with Crippen molar-refractivity contribution in [1.29, 1.82) is 0 Å². The highest BCUT2D eigenvalue weighted by Gasteiger charge is 2.36. The first-order chi connectivity index (χ1) is 12.9. The molecule has 1 N–H and O–H groups in total. The van der Waals surface area contributed by atoms with E-state index in [0.717, 1.165) is 24.8 Å². The summed E-state index contributed by atoms with van der Waals surface area (Å²) in [7, 11) is -3.71. The number of sulfonamides is 1. The van der Waals surface area contributed by atoms with E-state index < -0.39 is 27.6 Å². The maximum atomic E-state index is 12.5. The predicted octanol–water partition coefficient (Wildman–Crippen LogP) is 2.05. The number of allylic oxidation sites excluding steroid dienone is 1. The fraction of sp³-hybridized carbons (Fsp3) is 0.556. The van der Waals surface area contributed by atoms with Crippen molar-refractivity contribution in [3.8, 4) is 0 Å². The minimum Gasteiger partial charge on any atom is -0.423 e. The van der Waals surface area contributed by atoms with Crippen molar-refractivity contribution in [2.24, 2.45) is 0 Å². The highest BCUT2D eigenvalue weighted by molar-refractivity contribution is 7.90. The second kappa shape index (κ2) is 8.37. The summed E-state index contributed by atoms with van der Waals surface area (Å²) in [6.45, 7) is 7.12. The molecule has 9 heteroatoms. The summed E-state index contributed by atoms with van der Waals surface area (Å²) in [5, 5.41) is -0.655. The summed E-state index contributed by atoms with van der Waals surface area (Å²) < 4.78 is 38.0. The quantitative estimate of drug-likeness (QED) is 0.741. The molecule has 2 aliphatic heterocycles. The molecular formula is C18H25N3O5S. The van der Waals surface area contributed by atoms with Crippen molar-refractivity contribution < 1.29 is 22.7 Å². The van der Waals surface area contributed by atoms with E-state index in [1.54, 1.807) is 30.0 Å². The number of amides is 1. The number of likely N-dealkylation sites (tertiary alicyclic amines) is 1. The van der Waals surface area contributed by atoms with Crippen molar-refractivity contribution >= 4 is 21.7 Å². The van der Waals surface area contributed by atoms with Crippen LogP contribution in [-0.4, -0.2) is 55.9 Å². The lowest BCUT2D eigenvalue weighted by Gasteiger charge is -2.30. The Balaban J connectivity index is 1.82. The molecule has 8 nitrogen and oxygen atoms in total. The van der Waals surface area contributed by atoms with Crippen LogP contribution >= 0.6 is 0 Å². The first-order valence-corrected chi connectivity index (χ1v) is 10.6. The van der Waals surface area contributed by atoms with Crippen LogP contribution in [0.15, 0.2) is 24.8 Å². The SMILES string of the molecule is C=C(C)c1cccc(C(NS(=O)(=O)C2COC2)OC(=O)N2CCCCC2)n1. The molecule has 1 atom stereocenters. The fourth-order valence-electron chi connectivity index (χ4n) is 2.87. The van der Waals surface area contributed by atoms with E-state index in [9.17, 15) is 13.2 Å². The average molecular weight is 395 g/mol. The Labute approximate surface area is 159 Å². The normalized spacial score (nSPS) is 19.2. The minimum absolute atomic E-state index is 0.126. The van der Waals surface area contributed by atoms with Crippen LogP contribution in [0.4, 0.5) is 4.79 Å². The molecule has 1 unspecified atom stereocenters. The van der Waals surface area contributed by atoms with Gasteiger partial charge in [-0.05, 0) is 43.9 Å². The van der Waals surface area contributed by atoms with E-state index in [1.165, 1.54) is 0 Å². The number of pyridine rings is 1. The number of nitrogens with zero attached hydrogens (tertiary/aromatic N) is 2. The maximum Gasteiger partial charge on any atom is 0.411 e. The second-order valence-corrected chi connectivity index (χ2v) is 8.85. The van der Waals surface area contributed by atoms with E-state index in [-0.39, 0.29) is 13.2 Å². The van der Waals surface area contributed by atoms with Gasteiger partial charge in [0.15, 0.2) is 0 Å². The van der Waals surface area contributed by atoms with Crippen molar-refractivity contribution in [3.05, 3.63) is 36.2 Å². The van der Waals surface area contributed by atoms with E-state index >= 15 is 0 Å². The lowest BCUT2D eigenvalue weighted by atomic mass is 10.1. The number of ether oxygens (including phenoxy) is 2. The van der Waals surface area contributed by atoms with Crippen molar-refractivity contribution in [2.45, 2.75) is 37.7 Å². The highest BCUT2D eigenvalue weighted by Crippen LogP contribution is 2.21. The third-order valence-corrected chi connectivity index (χ3v) is 6.32. The van der Waals surface area contributed by atoms with Crippen LogP contribution in [0.5, 0.6) is 0 Å². The van der Waals surface area contributed by atoms with E-state index in [0.29, 0.717) is 24.5 Å². The van der Waals surface area contributed by atoms with Gasteiger partial charge in [-0.2, -0.15) is 4.72 Å². The Morgan fingerprint density at radius 2 is 2.04 bits per heavy atom. The van der Waals surface area contributed by atoms with Crippen molar-refractivity contribution in [3.63, 3.8) is 0 Å². The molecule has 27 heavy (non-hydrogen) atoms. The van der Waals surface area contributed by atoms with Crippen LogP contribution in [0.3, 0.4) is 0 Å². The molecule has 2 saturated heterocycles. The third kappa shape index (κ3) is 4.85. The zero-order valence-corrected chi connectivity index (χ0v) is 16.2. The minimum atomic E-state index is -3.71. The Morgan fingerprint density at radius 3 is 2.63 bits per heavy atom.